The summed E-state index contributed by atoms with van der Waals surface area (Å²) in [6, 6.07) is 6.40. The molecule has 0 saturated carbocycles. The van der Waals surface area contributed by atoms with Gasteiger partial charge >= 0.3 is 5.97 Å². The number of rotatable bonds is 7. The van der Waals surface area contributed by atoms with Gasteiger partial charge in [0.1, 0.15) is 0 Å². The molecule has 0 fully saturated rings. The van der Waals surface area contributed by atoms with Gasteiger partial charge in [-0.2, -0.15) is 4.72 Å². The van der Waals surface area contributed by atoms with E-state index < -0.39 is 51.2 Å². The number of hydrogen-bond acceptors (Lipinski definition) is 7. The summed E-state index contributed by atoms with van der Waals surface area (Å²) in [5.41, 5.74) is 0. The highest BCUT2D eigenvalue weighted by Crippen LogP contribution is 2.21. The minimum absolute atomic E-state index is 0.400. The highest BCUT2D eigenvalue weighted by atomic mass is 32.2. The normalized spacial score (nSPS) is 15.7. The first-order valence-corrected chi connectivity index (χ1v) is 11.3. The van der Waals surface area contributed by atoms with Gasteiger partial charge in [-0.15, -0.1) is 0 Å². The minimum Gasteiger partial charge on any atom is -0.479 e. The van der Waals surface area contributed by atoms with Gasteiger partial charge in [-0.25, -0.2) is 30.0 Å². The first-order chi connectivity index (χ1) is 10.2. The van der Waals surface area contributed by atoms with E-state index in [0.29, 0.717) is 12.5 Å². The van der Waals surface area contributed by atoms with Crippen LogP contribution in [0.5, 0.6) is 0 Å². The number of sulfonamides is 1. The summed E-state index contributed by atoms with van der Waals surface area (Å²) >= 11 is 0. The van der Waals surface area contributed by atoms with E-state index in [0.717, 1.165) is 12.1 Å². The molecule has 0 amide bonds. The van der Waals surface area contributed by atoms with Crippen LogP contribution in [-0.4, -0.2) is 59.5 Å². The van der Waals surface area contributed by atoms with Crippen LogP contribution in [0.2, 0.25) is 0 Å². The van der Waals surface area contributed by atoms with E-state index >= 15 is 0 Å². The number of benzene rings is 1. The molecule has 0 spiro atoms. The lowest BCUT2D eigenvalue weighted by atomic mass is 10.4. The Balaban J connectivity index is 3.58. The molecule has 0 aliphatic carbocycles. The van der Waals surface area contributed by atoms with Crippen molar-refractivity contribution in [1.29, 1.82) is 0 Å². The maximum atomic E-state index is 12.3. The Hall–Kier alpha value is -1.50. The molecule has 1 aromatic carbocycles. The number of sulfone groups is 2. The smallest absolute Gasteiger partial charge is 0.341 e. The van der Waals surface area contributed by atoms with Gasteiger partial charge in [0.15, 0.2) is 19.7 Å². The lowest BCUT2D eigenvalue weighted by molar-refractivity contribution is -0.139. The second-order valence-electron chi connectivity index (χ2n) is 4.89. The summed E-state index contributed by atoms with van der Waals surface area (Å²) in [6.45, 7) is 0. The Morgan fingerprint density at radius 3 is 1.87 bits per heavy atom. The molecule has 0 radical (unpaired) electrons. The standard InChI is InChI=1S/C11H15NO8S3/c1-21(15,16)8-11(10(13)14,22(2,17)18)12-23(19,20)9-6-4-3-5-7-9/h3-7,12H,8H2,1-2H3,(H,13,14). The zero-order chi connectivity index (χ0) is 18.1. The predicted octanol–water partition coefficient (Wildman–Crippen LogP) is -1.16. The highest BCUT2D eigenvalue weighted by molar-refractivity contribution is 7.97. The maximum absolute atomic E-state index is 12.3. The number of hydrogen-bond donors (Lipinski definition) is 2. The van der Waals surface area contributed by atoms with Gasteiger partial charge in [0.25, 0.3) is 0 Å². The molecule has 1 unspecified atom stereocenters. The van der Waals surface area contributed by atoms with Crippen molar-refractivity contribution in [3.63, 3.8) is 0 Å². The topological polar surface area (TPSA) is 152 Å². The molecule has 0 aliphatic rings. The molecule has 0 aliphatic heterocycles. The second kappa shape index (κ2) is 6.19. The molecule has 9 nitrogen and oxygen atoms in total. The maximum Gasteiger partial charge on any atom is 0.341 e. The molecule has 12 heteroatoms. The van der Waals surface area contributed by atoms with Gasteiger partial charge in [-0.05, 0) is 12.1 Å². The van der Waals surface area contributed by atoms with Crippen LogP contribution in [-0.2, 0) is 34.5 Å². The van der Waals surface area contributed by atoms with Crippen molar-refractivity contribution in [1.82, 2.24) is 4.72 Å². The third kappa shape index (κ3) is 4.50. The second-order valence-corrected chi connectivity index (χ2v) is 11.0. The number of carboxylic acid groups (broad SMARTS) is 1. The molecule has 0 aromatic heterocycles. The Morgan fingerprint density at radius 1 is 1.04 bits per heavy atom. The average molecular weight is 385 g/mol. The Bertz CT molecular complexity index is 903. The number of aliphatic carboxylic acids is 1. The van der Waals surface area contributed by atoms with Crippen molar-refractivity contribution in [3.05, 3.63) is 30.3 Å². The molecule has 2 N–H and O–H groups in total. The number of carbonyl (C=O) groups is 1. The van der Waals surface area contributed by atoms with Crippen LogP contribution < -0.4 is 4.72 Å². The third-order valence-corrected chi connectivity index (χ3v) is 7.26. The molecule has 1 rings (SSSR count). The SMILES string of the molecule is CS(=O)(=O)CC(NS(=O)(=O)c1ccccc1)(C(=O)O)S(C)(=O)=O. The van der Waals surface area contributed by atoms with E-state index in [2.05, 4.69) is 0 Å². The van der Waals surface area contributed by atoms with Crippen molar-refractivity contribution in [2.45, 2.75) is 9.77 Å². The van der Waals surface area contributed by atoms with E-state index in [1.54, 1.807) is 0 Å². The first kappa shape index (κ1) is 19.5. The van der Waals surface area contributed by atoms with Crippen LogP contribution in [0.4, 0.5) is 0 Å². The van der Waals surface area contributed by atoms with Crippen LogP contribution in [0, 0.1) is 0 Å². The monoisotopic (exact) mass is 385 g/mol. The Labute approximate surface area is 134 Å². The summed E-state index contributed by atoms with van der Waals surface area (Å²) in [4.78, 5) is 7.86. The quantitative estimate of drug-likeness (QED) is 0.596. The number of nitrogens with one attached hydrogen (secondary N) is 1. The zero-order valence-corrected chi connectivity index (χ0v) is 14.6. The number of carboxylic acids is 1. The van der Waals surface area contributed by atoms with Crippen molar-refractivity contribution in [2.24, 2.45) is 0 Å². The van der Waals surface area contributed by atoms with Crippen LogP contribution in [0.25, 0.3) is 0 Å². The molecule has 1 aromatic rings. The molecular formula is C11H15NO8S3. The van der Waals surface area contributed by atoms with Gasteiger partial charge in [0.2, 0.25) is 14.9 Å². The lowest BCUT2D eigenvalue weighted by Gasteiger charge is -2.27. The molecule has 0 heterocycles. The fraction of sp³-hybridized carbons (Fsp3) is 0.364. The first-order valence-electron chi connectivity index (χ1n) is 5.91. The fourth-order valence-corrected chi connectivity index (χ4v) is 6.72. The van der Waals surface area contributed by atoms with Gasteiger partial charge in [0, 0.05) is 12.5 Å². The van der Waals surface area contributed by atoms with Crippen LogP contribution in [0.1, 0.15) is 0 Å². The summed E-state index contributed by atoms with van der Waals surface area (Å²) < 4.78 is 72.8. The molecule has 0 saturated heterocycles. The van der Waals surface area contributed by atoms with E-state index in [1.807, 2.05) is 0 Å². The lowest BCUT2D eigenvalue weighted by Crippen LogP contribution is -2.63. The molecular weight excluding hydrogens is 370 g/mol. The van der Waals surface area contributed by atoms with Crippen molar-refractivity contribution in [2.75, 3.05) is 18.3 Å². The summed E-state index contributed by atoms with van der Waals surface area (Å²) in [7, 11) is -13.4. The fourth-order valence-electron chi connectivity index (χ4n) is 1.72. The van der Waals surface area contributed by atoms with Crippen molar-refractivity contribution >= 4 is 35.7 Å². The van der Waals surface area contributed by atoms with Crippen molar-refractivity contribution < 1.29 is 35.2 Å². The van der Waals surface area contributed by atoms with E-state index in [-0.39, 0.29) is 0 Å². The Morgan fingerprint density at radius 2 is 1.52 bits per heavy atom. The van der Waals surface area contributed by atoms with Crippen LogP contribution in [0.3, 0.4) is 0 Å². The van der Waals surface area contributed by atoms with E-state index in [1.165, 1.54) is 22.9 Å². The summed E-state index contributed by atoms with van der Waals surface area (Å²) in [6.07, 6.45) is 1.05. The Kier molecular flexibility index (Phi) is 5.26. The zero-order valence-electron chi connectivity index (χ0n) is 12.1. The molecule has 0 bridgehead atoms. The van der Waals surface area contributed by atoms with Gasteiger partial charge < -0.3 is 5.11 Å². The largest absolute Gasteiger partial charge is 0.479 e. The average Bonchev–Trinajstić information content (AvgIpc) is 2.35. The van der Waals surface area contributed by atoms with E-state index in [4.69, 9.17) is 0 Å². The highest BCUT2D eigenvalue weighted by Gasteiger charge is 2.54. The molecule has 130 valence electrons. The predicted molar refractivity (Wildman–Crippen MR) is 81.7 cm³/mol. The van der Waals surface area contributed by atoms with E-state index in [9.17, 15) is 35.2 Å². The molecule has 23 heavy (non-hydrogen) atoms. The van der Waals surface area contributed by atoms with Crippen LogP contribution >= 0.6 is 0 Å². The molecule has 1 atom stereocenters. The van der Waals surface area contributed by atoms with Crippen LogP contribution in [0.15, 0.2) is 35.2 Å². The van der Waals surface area contributed by atoms with Crippen molar-refractivity contribution in [3.8, 4) is 0 Å². The summed E-state index contributed by atoms with van der Waals surface area (Å²) in [5.74, 6) is -3.58. The third-order valence-electron chi connectivity index (χ3n) is 2.80. The summed E-state index contributed by atoms with van der Waals surface area (Å²) in [5, 5.41) is 9.26. The van der Waals surface area contributed by atoms with Gasteiger partial charge in [-0.1, -0.05) is 18.2 Å². The minimum atomic E-state index is -4.67. The van der Waals surface area contributed by atoms with Gasteiger partial charge in [-0.3, -0.25) is 0 Å². The van der Waals surface area contributed by atoms with Gasteiger partial charge in [0.05, 0.1) is 10.6 Å².